The van der Waals surface area contributed by atoms with Crippen molar-refractivity contribution in [1.29, 1.82) is 0 Å². The van der Waals surface area contributed by atoms with Crippen LogP contribution in [0.1, 0.15) is 43.8 Å². The average molecular weight is 234 g/mol. The molecule has 1 fully saturated rings. The van der Waals surface area contributed by atoms with Crippen LogP contribution >= 0.6 is 0 Å². The lowest BCUT2D eigenvalue weighted by atomic mass is 9.92. The Morgan fingerprint density at radius 3 is 2.71 bits per heavy atom. The smallest absolute Gasteiger partial charge is 0.211 e. The molecule has 1 aliphatic heterocycles. The number of rotatable bonds is 1. The summed E-state index contributed by atoms with van der Waals surface area (Å²) in [7, 11) is 0. The fraction of sp³-hybridized carbons (Fsp3) is 0.571. The lowest BCUT2D eigenvalue weighted by Crippen LogP contribution is -2.45. The van der Waals surface area contributed by atoms with E-state index in [1.54, 1.807) is 0 Å². The second-order valence-corrected chi connectivity index (χ2v) is 4.90. The number of benzene rings is 1. The Kier molecular flexibility index (Phi) is 2.81. The third-order valence-corrected chi connectivity index (χ3v) is 3.70. The molecular weight excluding hydrogens is 216 g/mol. The summed E-state index contributed by atoms with van der Waals surface area (Å²) in [6.45, 7) is 0.0160. The Morgan fingerprint density at radius 2 is 1.94 bits per heavy atom. The monoisotopic (exact) mass is 234 g/mol. The molecule has 17 heavy (non-hydrogen) atoms. The molecule has 3 nitrogen and oxygen atoms in total. The largest absolute Gasteiger partial charge is 0.462 e. The minimum Gasteiger partial charge on any atom is -0.462 e. The van der Waals surface area contributed by atoms with Crippen LogP contribution < -0.4 is 4.74 Å². The standard InChI is InChI=1S/C14H18O3/c15-10-13-11-6-2-3-7-12(11)16-14(17-13)8-4-1-5-9-14/h2-3,6-7,13,15H,1,4-5,8-10H2. The van der Waals surface area contributed by atoms with E-state index < -0.39 is 5.79 Å². The summed E-state index contributed by atoms with van der Waals surface area (Å²) in [6.07, 6.45) is 5.15. The van der Waals surface area contributed by atoms with Gasteiger partial charge in [-0.25, -0.2) is 0 Å². The van der Waals surface area contributed by atoms with Crippen LogP contribution in [-0.2, 0) is 4.74 Å². The number of fused-ring (bicyclic) bond motifs is 1. The lowest BCUT2D eigenvalue weighted by Gasteiger charge is -2.43. The van der Waals surface area contributed by atoms with E-state index in [1.807, 2.05) is 24.3 Å². The third kappa shape index (κ3) is 1.94. The molecule has 3 rings (SSSR count). The molecule has 0 radical (unpaired) electrons. The van der Waals surface area contributed by atoms with Gasteiger partial charge in [-0.15, -0.1) is 0 Å². The SMILES string of the molecule is OCC1OC2(CCCCC2)Oc2ccccc21. The molecule has 3 heteroatoms. The van der Waals surface area contributed by atoms with Crippen molar-refractivity contribution in [2.45, 2.75) is 44.0 Å². The molecule has 0 aromatic heterocycles. The van der Waals surface area contributed by atoms with Crippen LogP contribution in [0.15, 0.2) is 24.3 Å². The number of aliphatic hydroxyl groups excluding tert-OH is 1. The Balaban J connectivity index is 1.94. The maximum absolute atomic E-state index is 9.47. The van der Waals surface area contributed by atoms with Crippen LogP contribution in [0.3, 0.4) is 0 Å². The number of aliphatic hydroxyl groups is 1. The van der Waals surface area contributed by atoms with E-state index in [1.165, 1.54) is 6.42 Å². The second kappa shape index (κ2) is 4.31. The molecule has 1 atom stereocenters. The highest BCUT2D eigenvalue weighted by atomic mass is 16.7. The predicted octanol–water partition coefficient (Wildman–Crippen LogP) is 2.79. The highest BCUT2D eigenvalue weighted by Crippen LogP contribution is 2.44. The lowest BCUT2D eigenvalue weighted by molar-refractivity contribution is -0.250. The zero-order chi connectivity index (χ0) is 11.7. The van der Waals surface area contributed by atoms with Gasteiger partial charge in [0.25, 0.3) is 0 Å². The van der Waals surface area contributed by atoms with Crippen molar-refractivity contribution in [3.05, 3.63) is 29.8 Å². The van der Waals surface area contributed by atoms with E-state index >= 15 is 0 Å². The molecule has 92 valence electrons. The van der Waals surface area contributed by atoms with E-state index in [-0.39, 0.29) is 12.7 Å². The fourth-order valence-corrected chi connectivity index (χ4v) is 2.83. The summed E-state index contributed by atoms with van der Waals surface area (Å²) >= 11 is 0. The maximum Gasteiger partial charge on any atom is 0.211 e. The van der Waals surface area contributed by atoms with Crippen molar-refractivity contribution in [1.82, 2.24) is 0 Å². The summed E-state index contributed by atoms with van der Waals surface area (Å²) in [4.78, 5) is 0. The van der Waals surface area contributed by atoms with Gasteiger partial charge in [-0.05, 0) is 18.9 Å². The van der Waals surface area contributed by atoms with Gasteiger partial charge in [-0.2, -0.15) is 0 Å². The Labute approximate surface area is 101 Å². The van der Waals surface area contributed by atoms with Crippen molar-refractivity contribution in [2.75, 3.05) is 6.61 Å². The van der Waals surface area contributed by atoms with E-state index in [2.05, 4.69) is 0 Å². The third-order valence-electron chi connectivity index (χ3n) is 3.70. The van der Waals surface area contributed by atoms with E-state index in [4.69, 9.17) is 9.47 Å². The number of para-hydroxylation sites is 1. The first-order valence-electron chi connectivity index (χ1n) is 6.40. The van der Waals surface area contributed by atoms with Gasteiger partial charge in [0.2, 0.25) is 5.79 Å². The molecule has 1 aliphatic carbocycles. The molecule has 1 spiro atoms. The summed E-state index contributed by atoms with van der Waals surface area (Å²) in [5.41, 5.74) is 0.964. The van der Waals surface area contributed by atoms with Gasteiger partial charge in [0.05, 0.1) is 6.61 Å². The summed E-state index contributed by atoms with van der Waals surface area (Å²) < 4.78 is 12.1. The zero-order valence-corrected chi connectivity index (χ0v) is 9.89. The van der Waals surface area contributed by atoms with Crippen molar-refractivity contribution >= 4 is 0 Å². The van der Waals surface area contributed by atoms with Crippen LogP contribution in [0.25, 0.3) is 0 Å². The van der Waals surface area contributed by atoms with Crippen LogP contribution in [0.4, 0.5) is 0 Å². The Morgan fingerprint density at radius 1 is 1.18 bits per heavy atom. The highest BCUT2D eigenvalue weighted by molar-refractivity contribution is 5.37. The molecule has 2 aliphatic rings. The molecule has 1 aromatic rings. The molecule has 1 aromatic carbocycles. The van der Waals surface area contributed by atoms with Gasteiger partial charge in [0, 0.05) is 18.4 Å². The highest BCUT2D eigenvalue weighted by Gasteiger charge is 2.42. The summed E-state index contributed by atoms with van der Waals surface area (Å²) in [5.74, 6) is 0.389. The first-order chi connectivity index (χ1) is 8.33. The summed E-state index contributed by atoms with van der Waals surface area (Å²) in [5, 5.41) is 9.47. The topological polar surface area (TPSA) is 38.7 Å². The zero-order valence-electron chi connectivity index (χ0n) is 9.89. The number of hydrogen-bond donors (Lipinski definition) is 1. The summed E-state index contributed by atoms with van der Waals surface area (Å²) in [6, 6.07) is 7.85. The molecule has 0 bridgehead atoms. The second-order valence-electron chi connectivity index (χ2n) is 4.90. The molecule has 1 unspecified atom stereocenters. The average Bonchev–Trinajstić information content (AvgIpc) is 2.38. The van der Waals surface area contributed by atoms with Gasteiger partial charge in [0.1, 0.15) is 11.9 Å². The molecule has 1 heterocycles. The molecule has 1 saturated carbocycles. The minimum atomic E-state index is -0.486. The van der Waals surface area contributed by atoms with Gasteiger partial charge in [-0.1, -0.05) is 24.6 Å². The fourth-order valence-electron chi connectivity index (χ4n) is 2.83. The van der Waals surface area contributed by atoms with Crippen molar-refractivity contribution in [2.24, 2.45) is 0 Å². The molecule has 0 amide bonds. The Hall–Kier alpha value is -1.06. The van der Waals surface area contributed by atoms with Crippen molar-refractivity contribution < 1.29 is 14.6 Å². The van der Waals surface area contributed by atoms with Crippen LogP contribution in [0.2, 0.25) is 0 Å². The van der Waals surface area contributed by atoms with Crippen LogP contribution in [0.5, 0.6) is 5.75 Å². The first kappa shape index (κ1) is 11.1. The van der Waals surface area contributed by atoms with Gasteiger partial charge in [0.15, 0.2) is 0 Å². The van der Waals surface area contributed by atoms with E-state index in [9.17, 15) is 5.11 Å². The van der Waals surface area contributed by atoms with Crippen molar-refractivity contribution in [3.63, 3.8) is 0 Å². The maximum atomic E-state index is 9.47. The van der Waals surface area contributed by atoms with Gasteiger partial charge in [-0.3, -0.25) is 0 Å². The number of hydrogen-bond acceptors (Lipinski definition) is 3. The van der Waals surface area contributed by atoms with Gasteiger partial charge >= 0.3 is 0 Å². The predicted molar refractivity (Wildman–Crippen MR) is 63.8 cm³/mol. The van der Waals surface area contributed by atoms with E-state index in [0.717, 1.165) is 37.0 Å². The number of ether oxygens (including phenoxy) is 2. The Bertz CT molecular complexity index is 396. The molecule has 1 N–H and O–H groups in total. The van der Waals surface area contributed by atoms with E-state index in [0.29, 0.717) is 0 Å². The van der Waals surface area contributed by atoms with Crippen LogP contribution in [-0.4, -0.2) is 17.5 Å². The first-order valence-corrected chi connectivity index (χ1v) is 6.40. The molecule has 0 saturated heterocycles. The normalized spacial score (nSPS) is 26.3. The quantitative estimate of drug-likeness (QED) is 0.812. The van der Waals surface area contributed by atoms with Gasteiger partial charge < -0.3 is 14.6 Å². The van der Waals surface area contributed by atoms with Crippen molar-refractivity contribution in [3.8, 4) is 5.75 Å². The van der Waals surface area contributed by atoms with Crippen LogP contribution in [0, 0.1) is 0 Å². The molecular formula is C14H18O3. The minimum absolute atomic E-state index is 0.0160.